The van der Waals surface area contributed by atoms with Gasteiger partial charge in [0.2, 0.25) is 5.91 Å². The highest BCUT2D eigenvalue weighted by atomic mass is 79.9. The Morgan fingerprint density at radius 1 is 1.21 bits per heavy atom. The molecule has 1 aromatic heterocycles. The summed E-state index contributed by atoms with van der Waals surface area (Å²) in [5, 5.41) is 4.90. The van der Waals surface area contributed by atoms with Crippen LogP contribution in [0.2, 0.25) is 0 Å². The second-order valence-electron chi connectivity index (χ2n) is 6.74. The monoisotopic (exact) mass is 470 g/mol. The maximum Gasteiger partial charge on any atom is 0.264 e. The Balaban J connectivity index is 1.73. The molecule has 1 N–H and O–H groups in total. The first kappa shape index (κ1) is 19.7. The molecule has 5 nitrogen and oxygen atoms in total. The number of benzene rings is 2. The number of carbonyl (C=O) groups is 2. The molecule has 2 amide bonds. The van der Waals surface area contributed by atoms with Crippen LogP contribution in [0, 0.1) is 0 Å². The highest BCUT2D eigenvalue weighted by molar-refractivity contribution is 9.10. The number of fused-ring (bicyclic) bond motifs is 1. The number of para-hydroxylation sites is 1. The molecule has 0 bridgehead atoms. The number of amides is 2. The van der Waals surface area contributed by atoms with Gasteiger partial charge in [0.25, 0.3) is 5.91 Å². The van der Waals surface area contributed by atoms with Crippen LogP contribution in [0.25, 0.3) is 0 Å². The molecule has 0 spiro atoms. The molecule has 29 heavy (non-hydrogen) atoms. The van der Waals surface area contributed by atoms with Gasteiger partial charge in [0.05, 0.1) is 6.04 Å². The summed E-state index contributed by atoms with van der Waals surface area (Å²) in [7, 11) is 0. The molecule has 2 aromatic carbocycles. The van der Waals surface area contributed by atoms with Crippen molar-refractivity contribution in [3.05, 3.63) is 81.0 Å². The third-order valence-electron chi connectivity index (χ3n) is 4.71. The minimum atomic E-state index is -0.735. The molecule has 4 rings (SSSR count). The van der Waals surface area contributed by atoms with Gasteiger partial charge >= 0.3 is 0 Å². The van der Waals surface area contributed by atoms with Gasteiger partial charge in [-0.15, -0.1) is 11.3 Å². The fourth-order valence-electron chi connectivity index (χ4n) is 3.42. The summed E-state index contributed by atoms with van der Waals surface area (Å²) in [6.45, 7) is 1.67. The molecule has 3 aromatic rings. The van der Waals surface area contributed by atoms with E-state index in [1.54, 1.807) is 23.2 Å². The van der Waals surface area contributed by atoms with Crippen LogP contribution < -0.4 is 10.1 Å². The highest BCUT2D eigenvalue weighted by Gasteiger charge is 2.36. The molecule has 0 aliphatic carbocycles. The summed E-state index contributed by atoms with van der Waals surface area (Å²) in [6, 6.07) is 18.5. The molecule has 2 heterocycles. The lowest BCUT2D eigenvalue weighted by Crippen LogP contribution is -2.45. The first-order valence-corrected chi connectivity index (χ1v) is 10.8. The number of halogens is 1. The quantitative estimate of drug-likeness (QED) is 0.592. The van der Waals surface area contributed by atoms with Crippen LogP contribution in [0.3, 0.4) is 0 Å². The lowest BCUT2D eigenvalue weighted by atomic mass is 10.0. The Bertz CT molecular complexity index is 1020. The van der Waals surface area contributed by atoms with Gasteiger partial charge in [0, 0.05) is 20.6 Å². The Hall–Kier alpha value is -2.64. The van der Waals surface area contributed by atoms with E-state index < -0.39 is 6.10 Å². The van der Waals surface area contributed by atoms with E-state index in [1.165, 1.54) is 0 Å². The van der Waals surface area contributed by atoms with Crippen LogP contribution in [0.5, 0.6) is 5.75 Å². The molecule has 0 radical (unpaired) electrons. The molecule has 2 unspecified atom stereocenters. The van der Waals surface area contributed by atoms with E-state index in [0.29, 0.717) is 11.4 Å². The fourth-order valence-corrected chi connectivity index (χ4v) is 4.66. The van der Waals surface area contributed by atoms with E-state index in [1.807, 2.05) is 66.0 Å². The van der Waals surface area contributed by atoms with Gasteiger partial charge in [0.15, 0.2) is 6.10 Å². The molecular weight excluding hydrogens is 452 g/mol. The zero-order valence-electron chi connectivity index (χ0n) is 15.7. The minimum Gasteiger partial charge on any atom is -0.481 e. The predicted octanol–water partition coefficient (Wildman–Crippen LogP) is 4.85. The van der Waals surface area contributed by atoms with Crippen molar-refractivity contribution in [2.24, 2.45) is 0 Å². The number of hydrogen-bond donors (Lipinski definition) is 1. The van der Waals surface area contributed by atoms with Gasteiger partial charge in [0.1, 0.15) is 12.3 Å². The molecule has 1 aliphatic heterocycles. The molecule has 7 heteroatoms. The van der Waals surface area contributed by atoms with Crippen molar-refractivity contribution in [1.29, 1.82) is 0 Å². The third-order valence-corrected chi connectivity index (χ3v) is 6.13. The number of rotatable bonds is 4. The molecule has 0 saturated heterocycles. The summed E-state index contributed by atoms with van der Waals surface area (Å²) in [5.74, 6) is 0.145. The van der Waals surface area contributed by atoms with Gasteiger partial charge < -0.3 is 15.0 Å². The molecule has 0 fully saturated rings. The first-order valence-electron chi connectivity index (χ1n) is 9.18. The van der Waals surface area contributed by atoms with Gasteiger partial charge in [-0.1, -0.05) is 40.2 Å². The van der Waals surface area contributed by atoms with E-state index >= 15 is 0 Å². The Kier molecular flexibility index (Phi) is 5.69. The largest absolute Gasteiger partial charge is 0.481 e. The standard InChI is InChI=1S/C22H19BrN2O3S/c1-14(28-16-6-3-2-4-7-16)22(27)25-13-20(26)24-18-10-9-15(23)12-17(18)21(25)19-8-5-11-29-19/h2-12,14,21H,13H2,1H3,(H,24,26). The second kappa shape index (κ2) is 8.39. The topological polar surface area (TPSA) is 58.6 Å². The van der Waals surface area contributed by atoms with E-state index in [0.717, 1.165) is 14.9 Å². The average molecular weight is 471 g/mol. The van der Waals surface area contributed by atoms with Crippen molar-refractivity contribution in [3.8, 4) is 5.75 Å². The van der Waals surface area contributed by atoms with E-state index in [-0.39, 0.29) is 24.4 Å². The van der Waals surface area contributed by atoms with Crippen molar-refractivity contribution in [2.45, 2.75) is 19.1 Å². The van der Waals surface area contributed by atoms with Crippen LogP contribution in [-0.2, 0) is 9.59 Å². The Labute approximate surface area is 181 Å². The zero-order chi connectivity index (χ0) is 20.4. The van der Waals surface area contributed by atoms with E-state index in [2.05, 4.69) is 21.2 Å². The smallest absolute Gasteiger partial charge is 0.264 e. The normalized spacial score (nSPS) is 17.1. The van der Waals surface area contributed by atoms with Crippen molar-refractivity contribution in [1.82, 2.24) is 4.90 Å². The van der Waals surface area contributed by atoms with Gasteiger partial charge in [-0.2, -0.15) is 0 Å². The number of hydrogen-bond acceptors (Lipinski definition) is 4. The molecule has 148 valence electrons. The lowest BCUT2D eigenvalue weighted by molar-refractivity contribution is -0.142. The minimum absolute atomic E-state index is 0.0454. The zero-order valence-corrected chi connectivity index (χ0v) is 18.1. The average Bonchev–Trinajstić information content (AvgIpc) is 3.19. The van der Waals surface area contributed by atoms with Crippen molar-refractivity contribution in [2.75, 3.05) is 11.9 Å². The van der Waals surface area contributed by atoms with Crippen LogP contribution in [0.4, 0.5) is 5.69 Å². The van der Waals surface area contributed by atoms with Gasteiger partial charge in [-0.25, -0.2) is 0 Å². The second-order valence-corrected chi connectivity index (χ2v) is 8.63. The number of nitrogens with one attached hydrogen (secondary N) is 1. The van der Waals surface area contributed by atoms with Gasteiger partial charge in [-0.3, -0.25) is 9.59 Å². The summed E-state index contributed by atoms with van der Waals surface area (Å²) in [6.07, 6.45) is -0.735. The van der Waals surface area contributed by atoms with Crippen LogP contribution in [0.1, 0.15) is 23.4 Å². The molecule has 0 saturated carbocycles. The SMILES string of the molecule is CC(Oc1ccccc1)C(=O)N1CC(=O)Nc2ccc(Br)cc2C1c1cccs1. The maximum absolute atomic E-state index is 13.4. The number of carbonyl (C=O) groups excluding carboxylic acids is 2. The molecular formula is C22H19BrN2O3S. The lowest BCUT2D eigenvalue weighted by Gasteiger charge is -2.31. The summed E-state index contributed by atoms with van der Waals surface area (Å²) in [5.41, 5.74) is 1.58. The van der Waals surface area contributed by atoms with Crippen LogP contribution in [0.15, 0.2) is 70.5 Å². The third kappa shape index (κ3) is 4.21. The summed E-state index contributed by atoms with van der Waals surface area (Å²) < 4.78 is 6.74. The van der Waals surface area contributed by atoms with Crippen molar-refractivity contribution in [3.63, 3.8) is 0 Å². The van der Waals surface area contributed by atoms with Crippen molar-refractivity contribution >= 4 is 44.8 Å². The maximum atomic E-state index is 13.4. The Morgan fingerprint density at radius 2 is 2.00 bits per heavy atom. The Morgan fingerprint density at radius 3 is 2.72 bits per heavy atom. The number of nitrogens with zero attached hydrogens (tertiary/aromatic N) is 1. The highest BCUT2D eigenvalue weighted by Crippen LogP contribution is 2.39. The van der Waals surface area contributed by atoms with Crippen LogP contribution >= 0.6 is 27.3 Å². The predicted molar refractivity (Wildman–Crippen MR) is 117 cm³/mol. The van der Waals surface area contributed by atoms with Crippen molar-refractivity contribution < 1.29 is 14.3 Å². The number of anilines is 1. The summed E-state index contributed by atoms with van der Waals surface area (Å²) in [4.78, 5) is 28.6. The molecule has 1 aliphatic rings. The number of thiophene rings is 1. The summed E-state index contributed by atoms with van der Waals surface area (Å²) >= 11 is 5.07. The van der Waals surface area contributed by atoms with E-state index in [4.69, 9.17) is 4.74 Å². The van der Waals surface area contributed by atoms with E-state index in [9.17, 15) is 9.59 Å². The first-order chi connectivity index (χ1) is 14.0. The molecule has 2 atom stereocenters. The fraction of sp³-hybridized carbons (Fsp3) is 0.182. The van der Waals surface area contributed by atoms with Gasteiger partial charge in [-0.05, 0) is 48.7 Å². The van der Waals surface area contributed by atoms with Crippen LogP contribution in [-0.4, -0.2) is 29.4 Å². The number of ether oxygens (including phenoxy) is 1.